The van der Waals surface area contributed by atoms with Crippen molar-refractivity contribution in [1.29, 1.82) is 5.41 Å². The maximum atomic E-state index is 11.5. The number of nitrogens with one attached hydrogen (secondary N) is 1. The Morgan fingerprint density at radius 1 is 1.79 bits per heavy atom. The number of amides is 1. The highest BCUT2D eigenvalue weighted by atomic mass is 32.2. The van der Waals surface area contributed by atoms with Gasteiger partial charge in [-0.2, -0.15) is 0 Å². The average Bonchev–Trinajstić information content (AvgIpc) is 2.65. The van der Waals surface area contributed by atoms with E-state index in [0.29, 0.717) is 0 Å². The molecule has 0 atom stereocenters. The van der Waals surface area contributed by atoms with Crippen LogP contribution in [0.2, 0.25) is 0 Å². The fourth-order valence-electron chi connectivity index (χ4n) is 1.36. The summed E-state index contributed by atoms with van der Waals surface area (Å²) in [6, 6.07) is 0. The molecular weight excluding hydrogens is 198 g/mol. The summed E-state index contributed by atoms with van der Waals surface area (Å²) in [4.78, 5) is 13.2. The molecule has 0 aromatic heterocycles. The first kappa shape index (κ1) is 11.1. The molecule has 0 saturated carbocycles. The summed E-state index contributed by atoms with van der Waals surface area (Å²) in [5, 5.41) is 6.99. The molecule has 0 bridgehead atoms. The first-order valence-corrected chi connectivity index (χ1v) is 5.52. The smallest absolute Gasteiger partial charge is 0.236 e. The predicted octanol–water partition coefficient (Wildman–Crippen LogP) is 1.14. The lowest BCUT2D eigenvalue weighted by atomic mass is 10.3. The van der Waals surface area contributed by atoms with Crippen molar-refractivity contribution in [3.63, 3.8) is 0 Å². The van der Waals surface area contributed by atoms with E-state index in [4.69, 9.17) is 11.1 Å². The number of carbonyl (C=O) groups is 1. The van der Waals surface area contributed by atoms with Crippen LogP contribution in [0.1, 0.15) is 19.3 Å². The molecule has 0 radical (unpaired) electrons. The van der Waals surface area contributed by atoms with Crippen LogP contribution < -0.4 is 5.73 Å². The second-order valence-electron chi connectivity index (χ2n) is 3.19. The Morgan fingerprint density at radius 2 is 2.50 bits per heavy atom. The summed E-state index contributed by atoms with van der Waals surface area (Å²) in [5.74, 6) is 0.266. The van der Waals surface area contributed by atoms with Gasteiger partial charge in [0.2, 0.25) is 5.91 Å². The zero-order chi connectivity index (χ0) is 10.6. The highest BCUT2D eigenvalue weighted by Gasteiger charge is 2.15. The number of allylic oxidation sites excluding steroid dienone is 2. The van der Waals surface area contributed by atoms with Crippen molar-refractivity contribution in [2.75, 3.05) is 12.8 Å². The lowest BCUT2D eigenvalue weighted by Crippen LogP contribution is -2.28. The first-order chi connectivity index (χ1) is 6.61. The maximum absolute atomic E-state index is 11.5. The summed E-state index contributed by atoms with van der Waals surface area (Å²) < 4.78 is 0. The van der Waals surface area contributed by atoms with Crippen molar-refractivity contribution in [3.8, 4) is 0 Å². The van der Waals surface area contributed by atoms with Crippen molar-refractivity contribution < 1.29 is 4.79 Å². The van der Waals surface area contributed by atoms with Crippen LogP contribution >= 0.6 is 11.8 Å². The number of carbonyl (C=O) groups excluding carboxylic acids is 1. The standard InChI is InChI=1S/C9H15N3OS/c1-12(7-4-2-3-5-7)8(13)6-14-9(10)11/h4H,2-3,5-6H2,1H3,(H3,10,11). The lowest BCUT2D eigenvalue weighted by molar-refractivity contribution is -0.125. The molecule has 0 unspecified atom stereocenters. The number of nitrogens with zero attached hydrogens (tertiary/aromatic N) is 1. The summed E-state index contributed by atoms with van der Waals surface area (Å²) in [7, 11) is 1.78. The van der Waals surface area contributed by atoms with Gasteiger partial charge < -0.3 is 10.6 Å². The Hall–Kier alpha value is -0.970. The van der Waals surface area contributed by atoms with E-state index in [2.05, 4.69) is 6.08 Å². The van der Waals surface area contributed by atoms with E-state index in [1.807, 2.05) is 0 Å². The Balaban J connectivity index is 2.39. The van der Waals surface area contributed by atoms with Crippen molar-refractivity contribution in [1.82, 2.24) is 4.90 Å². The number of nitrogens with two attached hydrogens (primary N) is 1. The molecular formula is C9H15N3OS. The SMILES string of the molecule is CN(C(=O)CSC(=N)N)C1=CCCC1. The molecule has 0 fully saturated rings. The molecule has 1 rings (SSSR count). The number of rotatable bonds is 3. The third kappa shape index (κ3) is 3.06. The summed E-state index contributed by atoms with van der Waals surface area (Å²) in [5.41, 5.74) is 6.25. The van der Waals surface area contributed by atoms with Crippen LogP contribution in [-0.2, 0) is 4.79 Å². The number of thioether (sulfide) groups is 1. The van der Waals surface area contributed by atoms with Gasteiger partial charge in [0.15, 0.2) is 5.17 Å². The predicted molar refractivity (Wildman–Crippen MR) is 59.1 cm³/mol. The van der Waals surface area contributed by atoms with Gasteiger partial charge in [-0.25, -0.2) is 0 Å². The summed E-state index contributed by atoms with van der Waals surface area (Å²) in [6.45, 7) is 0. The van der Waals surface area contributed by atoms with Crippen molar-refractivity contribution >= 4 is 22.8 Å². The molecule has 0 aliphatic heterocycles. The average molecular weight is 213 g/mol. The summed E-state index contributed by atoms with van der Waals surface area (Å²) in [6.07, 6.45) is 5.27. The van der Waals surface area contributed by atoms with Gasteiger partial charge in [-0.05, 0) is 19.3 Å². The van der Waals surface area contributed by atoms with E-state index in [0.717, 1.165) is 36.7 Å². The summed E-state index contributed by atoms with van der Waals surface area (Å²) >= 11 is 1.07. The van der Waals surface area contributed by atoms with Crippen LogP contribution in [0.4, 0.5) is 0 Å². The van der Waals surface area contributed by atoms with Gasteiger partial charge in [-0.1, -0.05) is 17.8 Å². The van der Waals surface area contributed by atoms with E-state index < -0.39 is 0 Å². The molecule has 1 aliphatic rings. The molecule has 0 heterocycles. The third-order valence-electron chi connectivity index (χ3n) is 2.17. The van der Waals surface area contributed by atoms with Crippen LogP contribution in [0, 0.1) is 5.41 Å². The molecule has 0 aromatic rings. The molecule has 14 heavy (non-hydrogen) atoms. The first-order valence-electron chi connectivity index (χ1n) is 4.53. The van der Waals surface area contributed by atoms with Crippen LogP contribution in [0.15, 0.2) is 11.8 Å². The van der Waals surface area contributed by atoms with E-state index >= 15 is 0 Å². The van der Waals surface area contributed by atoms with Gasteiger partial charge in [-0.3, -0.25) is 10.2 Å². The molecule has 5 heteroatoms. The van der Waals surface area contributed by atoms with E-state index in [1.54, 1.807) is 11.9 Å². The van der Waals surface area contributed by atoms with Gasteiger partial charge in [-0.15, -0.1) is 0 Å². The maximum Gasteiger partial charge on any atom is 0.236 e. The monoisotopic (exact) mass is 213 g/mol. The minimum absolute atomic E-state index is 0.00727. The minimum Gasteiger partial charge on any atom is -0.379 e. The molecule has 0 spiro atoms. The molecule has 3 N–H and O–H groups in total. The van der Waals surface area contributed by atoms with Gasteiger partial charge >= 0.3 is 0 Å². The Morgan fingerprint density at radius 3 is 3.00 bits per heavy atom. The lowest BCUT2D eigenvalue weighted by Gasteiger charge is -2.17. The largest absolute Gasteiger partial charge is 0.379 e. The van der Waals surface area contributed by atoms with Crippen LogP contribution in [0.25, 0.3) is 0 Å². The van der Waals surface area contributed by atoms with Crippen molar-refractivity contribution in [2.24, 2.45) is 5.73 Å². The van der Waals surface area contributed by atoms with Crippen molar-refractivity contribution in [3.05, 3.63) is 11.8 Å². The fraction of sp³-hybridized carbons (Fsp3) is 0.556. The van der Waals surface area contributed by atoms with E-state index in [9.17, 15) is 4.79 Å². The Kier molecular flexibility index (Phi) is 4.00. The Labute approximate surface area is 88.0 Å². The van der Waals surface area contributed by atoms with Crippen LogP contribution in [0.5, 0.6) is 0 Å². The third-order valence-corrected chi connectivity index (χ3v) is 2.88. The van der Waals surface area contributed by atoms with Gasteiger partial charge in [0.1, 0.15) is 0 Å². The van der Waals surface area contributed by atoms with Gasteiger partial charge in [0, 0.05) is 12.7 Å². The highest BCUT2D eigenvalue weighted by molar-refractivity contribution is 8.14. The zero-order valence-electron chi connectivity index (χ0n) is 8.25. The molecule has 1 aliphatic carbocycles. The quantitative estimate of drug-likeness (QED) is 0.545. The van der Waals surface area contributed by atoms with E-state index in [1.165, 1.54) is 0 Å². The van der Waals surface area contributed by atoms with E-state index in [-0.39, 0.29) is 16.8 Å². The molecule has 78 valence electrons. The molecule has 4 nitrogen and oxygen atoms in total. The molecule has 1 amide bonds. The molecule has 0 aromatic carbocycles. The minimum atomic E-state index is -0.00727. The van der Waals surface area contributed by atoms with Crippen LogP contribution in [-0.4, -0.2) is 28.8 Å². The van der Waals surface area contributed by atoms with Gasteiger partial charge in [0.05, 0.1) is 5.75 Å². The highest BCUT2D eigenvalue weighted by Crippen LogP contribution is 2.20. The fourth-order valence-corrected chi connectivity index (χ4v) is 1.83. The number of hydrogen-bond donors (Lipinski definition) is 2. The van der Waals surface area contributed by atoms with Gasteiger partial charge in [0.25, 0.3) is 0 Å². The topological polar surface area (TPSA) is 70.2 Å². The Bertz CT molecular complexity index is 275. The molecule has 0 saturated heterocycles. The second kappa shape index (κ2) is 5.05. The van der Waals surface area contributed by atoms with Crippen LogP contribution in [0.3, 0.4) is 0 Å². The van der Waals surface area contributed by atoms with Crippen molar-refractivity contribution in [2.45, 2.75) is 19.3 Å². The second-order valence-corrected chi connectivity index (χ2v) is 4.21. The zero-order valence-corrected chi connectivity index (χ0v) is 9.06. The number of hydrogen-bond acceptors (Lipinski definition) is 3. The normalized spacial score (nSPS) is 15.1. The number of amidine groups is 1.